The van der Waals surface area contributed by atoms with Crippen molar-refractivity contribution < 1.29 is 43.9 Å². The van der Waals surface area contributed by atoms with Gasteiger partial charge in [-0.2, -0.15) is 0 Å². The van der Waals surface area contributed by atoms with Crippen LogP contribution >= 0.6 is 0 Å². The van der Waals surface area contributed by atoms with Crippen molar-refractivity contribution in [3.05, 3.63) is 12.2 Å². The lowest BCUT2D eigenvalue weighted by Gasteiger charge is -2.63. The number of carbonyl (C=O) groups is 2. The van der Waals surface area contributed by atoms with E-state index >= 15 is 0 Å². The van der Waals surface area contributed by atoms with Crippen LogP contribution in [0.25, 0.3) is 0 Å². The second-order valence-corrected chi connectivity index (χ2v) is 14.4. The highest BCUT2D eigenvalue weighted by Crippen LogP contribution is 2.68. The van der Waals surface area contributed by atoms with Crippen molar-refractivity contribution in [2.45, 2.75) is 104 Å². The van der Waals surface area contributed by atoms with E-state index < -0.39 is 12.1 Å². The molecule has 0 spiro atoms. The fraction of sp³-hybridized carbons (Fsp3) is 0.882. The van der Waals surface area contributed by atoms with Gasteiger partial charge in [0, 0.05) is 12.0 Å². The maximum Gasteiger partial charge on any atom is 0.333 e. The summed E-state index contributed by atoms with van der Waals surface area (Å²) in [6, 6.07) is 0. The summed E-state index contributed by atoms with van der Waals surface area (Å²) in [7, 11) is 0. The Morgan fingerprint density at radius 1 is 0.884 bits per heavy atom. The molecular weight excluding hydrogens is 552 g/mol. The van der Waals surface area contributed by atoms with E-state index in [1.165, 1.54) is 0 Å². The molecule has 0 amide bonds. The van der Waals surface area contributed by atoms with Crippen molar-refractivity contribution in [1.29, 1.82) is 0 Å². The summed E-state index contributed by atoms with van der Waals surface area (Å²) >= 11 is 0. The molecule has 43 heavy (non-hydrogen) atoms. The molecule has 0 aromatic carbocycles. The van der Waals surface area contributed by atoms with Crippen LogP contribution in [-0.2, 0) is 28.5 Å². The molecule has 0 aromatic rings. The fourth-order valence-electron chi connectivity index (χ4n) is 9.60. The van der Waals surface area contributed by atoms with E-state index in [-0.39, 0.29) is 79.1 Å². The predicted molar refractivity (Wildman–Crippen MR) is 161 cm³/mol. The Morgan fingerprint density at radius 3 is 2.21 bits per heavy atom. The molecule has 3 N–H and O–H groups in total. The molecule has 9 heteroatoms. The fourth-order valence-corrected chi connectivity index (χ4v) is 9.60. The van der Waals surface area contributed by atoms with Gasteiger partial charge in [0.25, 0.3) is 0 Å². The van der Waals surface area contributed by atoms with Crippen LogP contribution in [0.1, 0.15) is 85.5 Å². The highest BCUT2D eigenvalue weighted by atomic mass is 16.6. The Kier molecular flexibility index (Phi) is 11.8. The zero-order valence-corrected chi connectivity index (χ0v) is 26.8. The van der Waals surface area contributed by atoms with Crippen LogP contribution in [0, 0.1) is 46.3 Å². The molecule has 4 aliphatic rings. The van der Waals surface area contributed by atoms with Crippen molar-refractivity contribution in [3.63, 3.8) is 0 Å². The normalized spacial score (nSPS) is 39.2. The Balaban J connectivity index is 1.17. The smallest absolute Gasteiger partial charge is 0.333 e. The summed E-state index contributed by atoms with van der Waals surface area (Å²) in [5.74, 6) is 0.933. The highest BCUT2D eigenvalue weighted by molar-refractivity contribution is 5.86. The molecule has 4 rings (SSSR count). The van der Waals surface area contributed by atoms with Gasteiger partial charge in [-0.15, -0.1) is 0 Å². The van der Waals surface area contributed by atoms with Gasteiger partial charge < -0.3 is 34.3 Å². The number of esters is 2. The third kappa shape index (κ3) is 7.49. The number of fused-ring (bicyclic) bond motifs is 5. The Hall–Kier alpha value is -1.52. The number of hydrogen-bond acceptors (Lipinski definition) is 9. The molecular formula is C34H56O9. The first kappa shape index (κ1) is 34.4. The summed E-state index contributed by atoms with van der Waals surface area (Å²) in [6.07, 6.45) is 6.01. The molecule has 0 unspecified atom stereocenters. The van der Waals surface area contributed by atoms with Gasteiger partial charge in [0.05, 0.1) is 44.7 Å². The molecule has 9 nitrogen and oxygen atoms in total. The van der Waals surface area contributed by atoms with Crippen molar-refractivity contribution in [3.8, 4) is 0 Å². The number of ether oxygens (including phenoxy) is 4. The molecule has 0 saturated heterocycles. The zero-order valence-electron chi connectivity index (χ0n) is 26.8. The van der Waals surface area contributed by atoms with Crippen LogP contribution in [0.3, 0.4) is 0 Å². The van der Waals surface area contributed by atoms with E-state index in [0.29, 0.717) is 43.5 Å². The monoisotopic (exact) mass is 608 g/mol. The van der Waals surface area contributed by atoms with E-state index in [1.54, 1.807) is 6.92 Å². The first-order chi connectivity index (χ1) is 20.4. The highest BCUT2D eigenvalue weighted by Gasteiger charge is 2.65. The van der Waals surface area contributed by atoms with Gasteiger partial charge in [-0.3, -0.25) is 4.79 Å². The Bertz CT molecular complexity index is 970. The summed E-state index contributed by atoms with van der Waals surface area (Å²) in [4.78, 5) is 23.8. The predicted octanol–water partition coefficient (Wildman–Crippen LogP) is 4.06. The topological polar surface area (TPSA) is 132 Å². The van der Waals surface area contributed by atoms with E-state index in [2.05, 4.69) is 27.4 Å². The molecule has 4 fully saturated rings. The maximum absolute atomic E-state index is 12.5. The average Bonchev–Trinajstić information content (AvgIpc) is 3.32. The first-order valence-corrected chi connectivity index (χ1v) is 16.6. The van der Waals surface area contributed by atoms with Crippen LogP contribution in [0.2, 0.25) is 0 Å². The van der Waals surface area contributed by atoms with Crippen molar-refractivity contribution in [1.82, 2.24) is 0 Å². The standard InChI is InChI=1S/C34H56O9/c1-21(2)32(39)43-17-15-41-13-12-40-14-16-42-30(38)9-6-22(3)25-7-8-26-31-27(20-29(37)34(25,26)5)33(4)11-10-24(35)18-23(33)19-28(31)36/h22-29,31,35-37H,1,6-20H2,2-5H3/t22-,23+,24-,25-,26+,27+,28-,29+,31+,33+,34-/m1/s1. The first-order valence-electron chi connectivity index (χ1n) is 16.6. The number of aliphatic hydroxyl groups excluding tert-OH is 3. The summed E-state index contributed by atoms with van der Waals surface area (Å²) in [6.45, 7) is 13.5. The van der Waals surface area contributed by atoms with Crippen molar-refractivity contribution in [2.75, 3.05) is 39.6 Å². The van der Waals surface area contributed by atoms with Crippen LogP contribution in [-0.4, -0.2) is 85.2 Å². The van der Waals surface area contributed by atoms with Gasteiger partial charge in [0.2, 0.25) is 0 Å². The van der Waals surface area contributed by atoms with Crippen molar-refractivity contribution >= 4 is 11.9 Å². The van der Waals surface area contributed by atoms with Gasteiger partial charge in [-0.05, 0) is 105 Å². The molecule has 0 aliphatic heterocycles. The van der Waals surface area contributed by atoms with Gasteiger partial charge in [0.1, 0.15) is 13.2 Å². The molecule has 0 radical (unpaired) electrons. The third-order valence-corrected chi connectivity index (χ3v) is 12.0. The van der Waals surface area contributed by atoms with E-state index in [4.69, 9.17) is 18.9 Å². The van der Waals surface area contributed by atoms with Crippen LogP contribution < -0.4 is 0 Å². The number of carbonyl (C=O) groups excluding carboxylic acids is 2. The lowest BCUT2D eigenvalue weighted by Crippen LogP contribution is -2.62. The minimum Gasteiger partial charge on any atom is -0.463 e. The van der Waals surface area contributed by atoms with Gasteiger partial charge in [0.15, 0.2) is 0 Å². The van der Waals surface area contributed by atoms with Crippen molar-refractivity contribution in [2.24, 2.45) is 46.3 Å². The largest absolute Gasteiger partial charge is 0.463 e. The SMILES string of the molecule is C=C(C)C(=O)OCCOCCOCCOC(=O)CC[C@@H](C)[C@H]1CC[C@H]2[C@@H]3[C@H](O)C[C@@H]4C[C@H](O)CC[C@]4(C)[C@H]3C[C@H](O)[C@]12C. The number of hydrogen-bond donors (Lipinski definition) is 3. The molecule has 4 saturated carbocycles. The molecule has 0 aromatic heterocycles. The third-order valence-electron chi connectivity index (χ3n) is 12.0. The van der Waals surface area contributed by atoms with Crippen LogP contribution in [0.5, 0.6) is 0 Å². The molecule has 246 valence electrons. The zero-order chi connectivity index (χ0) is 31.4. The van der Waals surface area contributed by atoms with E-state index in [1.807, 2.05) is 0 Å². The minimum absolute atomic E-state index is 0.0663. The average molecular weight is 609 g/mol. The number of rotatable bonds is 14. The van der Waals surface area contributed by atoms with E-state index in [9.17, 15) is 24.9 Å². The van der Waals surface area contributed by atoms with Gasteiger partial charge >= 0.3 is 11.9 Å². The lowest BCUT2D eigenvalue weighted by atomic mass is 9.43. The summed E-state index contributed by atoms with van der Waals surface area (Å²) in [5.41, 5.74) is 0.145. The van der Waals surface area contributed by atoms with E-state index in [0.717, 1.165) is 44.9 Å². The van der Waals surface area contributed by atoms with Crippen LogP contribution in [0.15, 0.2) is 12.2 Å². The lowest BCUT2D eigenvalue weighted by molar-refractivity contribution is -0.207. The van der Waals surface area contributed by atoms with Gasteiger partial charge in [-0.1, -0.05) is 27.4 Å². The Morgan fingerprint density at radius 2 is 1.53 bits per heavy atom. The quantitative estimate of drug-likeness (QED) is 0.152. The molecule has 11 atom stereocenters. The number of aliphatic hydroxyl groups is 3. The van der Waals surface area contributed by atoms with Gasteiger partial charge in [-0.25, -0.2) is 4.79 Å². The second-order valence-electron chi connectivity index (χ2n) is 14.4. The molecule has 0 bridgehead atoms. The summed E-state index contributed by atoms with van der Waals surface area (Å²) in [5, 5.41) is 33.5. The minimum atomic E-state index is -0.434. The maximum atomic E-state index is 12.5. The van der Waals surface area contributed by atoms with Crippen LogP contribution in [0.4, 0.5) is 0 Å². The second kappa shape index (κ2) is 14.7. The summed E-state index contributed by atoms with van der Waals surface area (Å²) < 4.78 is 21.1. The molecule has 0 heterocycles. The Labute approximate surface area is 257 Å². The molecule has 4 aliphatic carbocycles.